The van der Waals surface area contributed by atoms with Crippen molar-refractivity contribution < 1.29 is 4.79 Å². The van der Waals surface area contributed by atoms with Crippen molar-refractivity contribution in [2.75, 3.05) is 13.1 Å². The molecule has 3 rings (SSSR count). The lowest BCUT2D eigenvalue weighted by Crippen LogP contribution is -2.40. The molecule has 2 aliphatic rings. The molecule has 2 fully saturated rings. The molecule has 1 saturated heterocycles. The Kier molecular flexibility index (Phi) is 5.68. The number of nitrogens with two attached hydrogens (primary N) is 1. The third-order valence-corrected chi connectivity index (χ3v) is 5.26. The minimum absolute atomic E-state index is 0.0240. The number of carbonyl (C=O) groups is 1. The number of rotatable bonds is 6. The molecule has 1 aromatic rings. The lowest BCUT2D eigenvalue weighted by atomic mass is 9.97. The maximum atomic E-state index is 11.4. The number of likely N-dealkylation sites (tertiary alicyclic amines) is 1. The standard InChI is InChI=1S/C19H29N3O/c20-19(23)17-7-4-10-22(14-17)13-16-6-3-5-15(11-16)12-21-18-8-1-2-9-18/h3,5-6,11,17-18,21H,1-2,4,7-10,12-14H2,(H2,20,23). The maximum Gasteiger partial charge on any atom is 0.221 e. The molecule has 23 heavy (non-hydrogen) atoms. The van der Waals surface area contributed by atoms with Gasteiger partial charge in [0.2, 0.25) is 5.91 Å². The van der Waals surface area contributed by atoms with Crippen LogP contribution in [0.15, 0.2) is 24.3 Å². The number of hydrogen-bond acceptors (Lipinski definition) is 3. The van der Waals surface area contributed by atoms with Gasteiger partial charge in [0.25, 0.3) is 0 Å². The molecular weight excluding hydrogens is 286 g/mol. The number of nitrogens with one attached hydrogen (secondary N) is 1. The second-order valence-corrected chi connectivity index (χ2v) is 7.16. The Morgan fingerprint density at radius 1 is 1.17 bits per heavy atom. The molecule has 4 heteroatoms. The Labute approximate surface area is 139 Å². The predicted octanol–water partition coefficient (Wildman–Crippen LogP) is 2.42. The van der Waals surface area contributed by atoms with E-state index in [1.54, 1.807) is 0 Å². The molecule has 1 amide bonds. The van der Waals surface area contributed by atoms with Crippen molar-refractivity contribution in [2.24, 2.45) is 11.7 Å². The fraction of sp³-hybridized carbons (Fsp3) is 0.632. The van der Waals surface area contributed by atoms with E-state index in [0.717, 1.165) is 39.0 Å². The van der Waals surface area contributed by atoms with Crippen LogP contribution in [-0.4, -0.2) is 29.9 Å². The molecule has 0 aromatic heterocycles. The summed E-state index contributed by atoms with van der Waals surface area (Å²) in [6, 6.07) is 9.55. The summed E-state index contributed by atoms with van der Waals surface area (Å²) in [6.07, 6.45) is 7.39. The third-order valence-electron chi connectivity index (χ3n) is 5.26. The first kappa shape index (κ1) is 16.5. The molecule has 4 nitrogen and oxygen atoms in total. The average molecular weight is 315 g/mol. The number of amides is 1. The Balaban J connectivity index is 1.53. The van der Waals surface area contributed by atoms with Gasteiger partial charge < -0.3 is 11.1 Å². The summed E-state index contributed by atoms with van der Waals surface area (Å²) in [4.78, 5) is 13.8. The summed E-state index contributed by atoms with van der Waals surface area (Å²) in [5.74, 6) is -0.125. The first-order chi connectivity index (χ1) is 11.2. The molecule has 1 aliphatic carbocycles. The van der Waals surface area contributed by atoms with Crippen LogP contribution in [0.25, 0.3) is 0 Å². The highest BCUT2D eigenvalue weighted by Crippen LogP contribution is 2.20. The van der Waals surface area contributed by atoms with E-state index in [1.165, 1.54) is 36.8 Å². The van der Waals surface area contributed by atoms with Crippen LogP contribution in [0.1, 0.15) is 49.7 Å². The summed E-state index contributed by atoms with van der Waals surface area (Å²) in [6.45, 7) is 3.75. The van der Waals surface area contributed by atoms with E-state index in [0.29, 0.717) is 6.04 Å². The number of piperidine rings is 1. The van der Waals surface area contributed by atoms with Gasteiger partial charge in [-0.1, -0.05) is 37.1 Å². The third kappa shape index (κ3) is 4.79. The molecule has 1 aromatic carbocycles. The summed E-state index contributed by atoms with van der Waals surface area (Å²) in [5.41, 5.74) is 8.17. The lowest BCUT2D eigenvalue weighted by Gasteiger charge is -2.31. The minimum Gasteiger partial charge on any atom is -0.369 e. The van der Waals surface area contributed by atoms with Gasteiger partial charge in [0, 0.05) is 25.7 Å². The van der Waals surface area contributed by atoms with Crippen LogP contribution in [0.2, 0.25) is 0 Å². The van der Waals surface area contributed by atoms with Crippen LogP contribution >= 0.6 is 0 Å². The zero-order chi connectivity index (χ0) is 16.1. The number of nitrogens with zero attached hydrogens (tertiary/aromatic N) is 1. The van der Waals surface area contributed by atoms with Gasteiger partial charge in [-0.05, 0) is 43.4 Å². The van der Waals surface area contributed by atoms with Crippen molar-refractivity contribution in [1.29, 1.82) is 0 Å². The molecule has 1 heterocycles. The van der Waals surface area contributed by atoms with Crippen LogP contribution in [-0.2, 0) is 17.9 Å². The highest BCUT2D eigenvalue weighted by molar-refractivity contribution is 5.76. The monoisotopic (exact) mass is 315 g/mol. The largest absolute Gasteiger partial charge is 0.369 e. The zero-order valence-corrected chi connectivity index (χ0v) is 14.0. The summed E-state index contributed by atoms with van der Waals surface area (Å²) in [7, 11) is 0. The van der Waals surface area contributed by atoms with E-state index in [-0.39, 0.29) is 11.8 Å². The second-order valence-electron chi connectivity index (χ2n) is 7.16. The molecule has 0 bridgehead atoms. The average Bonchev–Trinajstić information content (AvgIpc) is 3.07. The van der Waals surface area contributed by atoms with Gasteiger partial charge in [-0.25, -0.2) is 0 Å². The fourth-order valence-electron chi connectivity index (χ4n) is 3.92. The fourth-order valence-corrected chi connectivity index (χ4v) is 3.92. The maximum absolute atomic E-state index is 11.4. The van der Waals surface area contributed by atoms with E-state index >= 15 is 0 Å². The summed E-state index contributed by atoms with van der Waals surface area (Å²) >= 11 is 0. The Bertz CT molecular complexity index is 525. The molecule has 0 spiro atoms. The molecular formula is C19H29N3O. The van der Waals surface area contributed by atoms with Crippen LogP contribution in [0, 0.1) is 5.92 Å². The van der Waals surface area contributed by atoms with Crippen molar-refractivity contribution in [3.63, 3.8) is 0 Å². The van der Waals surface area contributed by atoms with Gasteiger partial charge in [-0.15, -0.1) is 0 Å². The number of primary amides is 1. The quantitative estimate of drug-likeness (QED) is 0.847. The van der Waals surface area contributed by atoms with Crippen molar-refractivity contribution in [3.8, 4) is 0 Å². The number of carbonyl (C=O) groups excluding carboxylic acids is 1. The van der Waals surface area contributed by atoms with Crippen LogP contribution in [0.4, 0.5) is 0 Å². The molecule has 1 atom stereocenters. The smallest absolute Gasteiger partial charge is 0.221 e. The highest BCUT2D eigenvalue weighted by atomic mass is 16.1. The van der Waals surface area contributed by atoms with Crippen LogP contribution in [0.5, 0.6) is 0 Å². The van der Waals surface area contributed by atoms with Gasteiger partial charge in [0.05, 0.1) is 5.92 Å². The van der Waals surface area contributed by atoms with Gasteiger partial charge in [-0.3, -0.25) is 9.69 Å². The van der Waals surface area contributed by atoms with Crippen molar-refractivity contribution in [3.05, 3.63) is 35.4 Å². The van der Waals surface area contributed by atoms with E-state index < -0.39 is 0 Å². The van der Waals surface area contributed by atoms with E-state index in [9.17, 15) is 4.79 Å². The SMILES string of the molecule is NC(=O)C1CCCN(Cc2cccc(CNC3CCCC3)c2)C1. The van der Waals surface area contributed by atoms with Crippen LogP contribution in [0.3, 0.4) is 0 Å². The molecule has 3 N–H and O–H groups in total. The van der Waals surface area contributed by atoms with E-state index in [2.05, 4.69) is 34.5 Å². The minimum atomic E-state index is -0.149. The normalized spacial score (nSPS) is 23.2. The Morgan fingerprint density at radius 2 is 1.96 bits per heavy atom. The zero-order valence-electron chi connectivity index (χ0n) is 14.0. The van der Waals surface area contributed by atoms with Gasteiger partial charge in [0.15, 0.2) is 0 Å². The topological polar surface area (TPSA) is 58.4 Å². The number of benzene rings is 1. The van der Waals surface area contributed by atoms with Gasteiger partial charge in [-0.2, -0.15) is 0 Å². The first-order valence-electron chi connectivity index (χ1n) is 9.03. The van der Waals surface area contributed by atoms with Gasteiger partial charge in [0.1, 0.15) is 0 Å². The number of hydrogen-bond donors (Lipinski definition) is 2. The second kappa shape index (κ2) is 7.93. The Hall–Kier alpha value is -1.39. The lowest BCUT2D eigenvalue weighted by molar-refractivity contribution is -0.123. The molecule has 1 saturated carbocycles. The molecule has 0 radical (unpaired) electrons. The van der Waals surface area contributed by atoms with Crippen molar-refractivity contribution in [2.45, 2.75) is 57.7 Å². The molecule has 1 unspecified atom stereocenters. The molecule has 1 aliphatic heterocycles. The van der Waals surface area contributed by atoms with Crippen LogP contribution < -0.4 is 11.1 Å². The Morgan fingerprint density at radius 3 is 2.74 bits per heavy atom. The van der Waals surface area contributed by atoms with Crippen molar-refractivity contribution >= 4 is 5.91 Å². The molecule has 126 valence electrons. The summed E-state index contributed by atoms with van der Waals surface area (Å²) < 4.78 is 0. The highest BCUT2D eigenvalue weighted by Gasteiger charge is 2.23. The predicted molar refractivity (Wildman–Crippen MR) is 92.7 cm³/mol. The van der Waals surface area contributed by atoms with Crippen molar-refractivity contribution in [1.82, 2.24) is 10.2 Å². The van der Waals surface area contributed by atoms with E-state index in [1.807, 2.05) is 0 Å². The first-order valence-corrected chi connectivity index (χ1v) is 9.03. The van der Waals surface area contributed by atoms with Gasteiger partial charge >= 0.3 is 0 Å². The van der Waals surface area contributed by atoms with E-state index in [4.69, 9.17) is 5.73 Å². The summed E-state index contributed by atoms with van der Waals surface area (Å²) in [5, 5.41) is 3.68.